The van der Waals surface area contributed by atoms with Crippen molar-refractivity contribution in [2.24, 2.45) is 5.73 Å². The number of halogens is 1. The van der Waals surface area contributed by atoms with Crippen LogP contribution < -0.4 is 5.73 Å². The van der Waals surface area contributed by atoms with E-state index < -0.39 is 0 Å². The van der Waals surface area contributed by atoms with Crippen LogP contribution in [0.15, 0.2) is 42.3 Å². The number of hydrogen-bond donors (Lipinski definition) is 1. The Bertz CT molecular complexity index is 336. The van der Waals surface area contributed by atoms with Crippen LogP contribution in [0.3, 0.4) is 0 Å². The van der Waals surface area contributed by atoms with E-state index in [1.807, 2.05) is 13.0 Å². The average Bonchev–Trinajstić information content (AvgIpc) is 2.19. The summed E-state index contributed by atoms with van der Waals surface area (Å²) < 4.78 is 4.95. The lowest BCUT2D eigenvalue weighted by atomic mass is 10.1. The van der Waals surface area contributed by atoms with Crippen LogP contribution in [0.4, 0.5) is 0 Å². The molecular weight excluding hydrogens is 214 g/mol. The van der Waals surface area contributed by atoms with E-state index in [9.17, 15) is 4.79 Å². The first-order valence-electron chi connectivity index (χ1n) is 4.43. The molecule has 1 aromatic carbocycles. The molecule has 3 nitrogen and oxygen atoms in total. The van der Waals surface area contributed by atoms with Crippen molar-refractivity contribution < 1.29 is 9.53 Å². The zero-order valence-corrected chi connectivity index (χ0v) is 9.29. The van der Waals surface area contributed by atoms with Gasteiger partial charge in [-0.3, -0.25) is 4.79 Å². The predicted octanol–water partition coefficient (Wildman–Crippen LogP) is 2.13. The number of nitrogens with two attached hydrogens (primary N) is 1. The highest BCUT2D eigenvalue weighted by Crippen LogP contribution is 2.02. The second-order valence-corrected chi connectivity index (χ2v) is 2.71. The lowest BCUT2D eigenvalue weighted by molar-refractivity contribution is 0.103. The van der Waals surface area contributed by atoms with Gasteiger partial charge in [0.05, 0.1) is 6.61 Å². The lowest BCUT2D eigenvalue weighted by Gasteiger charge is -2.01. The molecule has 0 saturated carbocycles. The van der Waals surface area contributed by atoms with Gasteiger partial charge >= 0.3 is 0 Å². The average molecular weight is 228 g/mol. The number of ketones is 1. The van der Waals surface area contributed by atoms with Gasteiger partial charge in [-0.2, -0.15) is 0 Å². The van der Waals surface area contributed by atoms with Crippen LogP contribution in [-0.4, -0.2) is 12.4 Å². The Kier molecular flexibility index (Phi) is 6.22. The molecule has 0 amide bonds. The molecule has 0 radical (unpaired) electrons. The number of rotatable bonds is 4. The van der Waals surface area contributed by atoms with Gasteiger partial charge < -0.3 is 10.5 Å². The maximum absolute atomic E-state index is 11.5. The van der Waals surface area contributed by atoms with Crippen LogP contribution >= 0.6 is 12.4 Å². The van der Waals surface area contributed by atoms with Crippen molar-refractivity contribution in [3.8, 4) is 0 Å². The molecule has 1 aromatic rings. The van der Waals surface area contributed by atoms with E-state index in [0.717, 1.165) is 0 Å². The highest BCUT2D eigenvalue weighted by Gasteiger charge is 2.02. The molecule has 4 heteroatoms. The Balaban J connectivity index is 0.00000196. The fourth-order valence-corrected chi connectivity index (χ4v) is 1.02. The van der Waals surface area contributed by atoms with Gasteiger partial charge in [0.1, 0.15) is 0 Å². The van der Waals surface area contributed by atoms with E-state index in [4.69, 9.17) is 10.5 Å². The molecule has 0 aliphatic carbocycles. The molecule has 0 aliphatic rings. The second kappa shape index (κ2) is 6.90. The Labute approximate surface area is 95.3 Å². The van der Waals surface area contributed by atoms with Crippen molar-refractivity contribution in [2.75, 3.05) is 6.61 Å². The lowest BCUT2D eigenvalue weighted by Crippen LogP contribution is -2.06. The summed E-state index contributed by atoms with van der Waals surface area (Å²) in [6.45, 7) is 2.28. The van der Waals surface area contributed by atoms with Gasteiger partial charge in [0.15, 0.2) is 11.7 Å². The smallest absolute Gasteiger partial charge is 0.191 e. The molecule has 1 rings (SSSR count). The summed E-state index contributed by atoms with van der Waals surface area (Å²) in [5, 5.41) is 0. The molecule has 15 heavy (non-hydrogen) atoms. The van der Waals surface area contributed by atoms with Crippen molar-refractivity contribution >= 4 is 18.2 Å². The van der Waals surface area contributed by atoms with Gasteiger partial charge in [-0.05, 0) is 6.92 Å². The molecule has 0 fully saturated rings. The van der Waals surface area contributed by atoms with Crippen molar-refractivity contribution in [3.63, 3.8) is 0 Å². The number of carbonyl (C=O) groups excluding carboxylic acids is 1. The topological polar surface area (TPSA) is 52.3 Å². The van der Waals surface area contributed by atoms with Crippen LogP contribution in [-0.2, 0) is 4.74 Å². The Morgan fingerprint density at radius 2 is 2.00 bits per heavy atom. The highest BCUT2D eigenvalue weighted by molar-refractivity contribution is 6.04. The summed E-state index contributed by atoms with van der Waals surface area (Å²) in [5.41, 5.74) is 6.05. The van der Waals surface area contributed by atoms with Crippen molar-refractivity contribution in [1.29, 1.82) is 0 Å². The molecule has 2 N–H and O–H groups in total. The fourth-order valence-electron chi connectivity index (χ4n) is 1.02. The zero-order valence-electron chi connectivity index (χ0n) is 8.47. The van der Waals surface area contributed by atoms with Gasteiger partial charge in [0, 0.05) is 11.6 Å². The zero-order chi connectivity index (χ0) is 10.4. The third kappa shape index (κ3) is 4.51. The Hall–Kier alpha value is -1.48. The van der Waals surface area contributed by atoms with Gasteiger partial charge in [-0.15, -0.1) is 12.4 Å². The minimum atomic E-state index is -0.142. The van der Waals surface area contributed by atoms with Crippen LogP contribution in [0.25, 0.3) is 0 Å². The normalized spacial score (nSPS) is 10.3. The molecule has 0 atom stereocenters. The van der Waals surface area contributed by atoms with E-state index in [0.29, 0.717) is 12.2 Å². The van der Waals surface area contributed by atoms with Gasteiger partial charge in [-0.1, -0.05) is 30.3 Å². The van der Waals surface area contributed by atoms with Crippen LogP contribution in [0.2, 0.25) is 0 Å². The molecule has 0 heterocycles. The van der Waals surface area contributed by atoms with E-state index in [2.05, 4.69) is 0 Å². The molecule has 0 aliphatic heterocycles. The van der Waals surface area contributed by atoms with E-state index >= 15 is 0 Å². The van der Waals surface area contributed by atoms with Crippen molar-refractivity contribution in [2.45, 2.75) is 6.92 Å². The maximum atomic E-state index is 11.5. The highest BCUT2D eigenvalue weighted by atomic mass is 35.5. The summed E-state index contributed by atoms with van der Waals surface area (Å²) in [6, 6.07) is 8.93. The first-order chi connectivity index (χ1) is 6.74. The van der Waals surface area contributed by atoms with Gasteiger partial charge in [0.25, 0.3) is 0 Å². The predicted molar refractivity (Wildman–Crippen MR) is 61.9 cm³/mol. The van der Waals surface area contributed by atoms with Gasteiger partial charge in [0.2, 0.25) is 0 Å². The Morgan fingerprint density at radius 3 is 2.53 bits per heavy atom. The monoisotopic (exact) mass is 227 g/mol. The summed E-state index contributed by atoms with van der Waals surface area (Å²) >= 11 is 0. The summed E-state index contributed by atoms with van der Waals surface area (Å²) in [6.07, 6.45) is 1.29. The minimum Gasteiger partial charge on any atom is -0.480 e. The number of allylic oxidation sites excluding steroid dienone is 1. The summed E-state index contributed by atoms with van der Waals surface area (Å²) in [5.74, 6) is 0.0119. The number of hydrogen-bond acceptors (Lipinski definition) is 3. The van der Waals surface area contributed by atoms with E-state index in [-0.39, 0.29) is 24.1 Å². The molecule has 0 unspecified atom stereocenters. The largest absolute Gasteiger partial charge is 0.480 e. The molecular formula is C11H14ClNO2. The Morgan fingerprint density at radius 1 is 1.40 bits per heavy atom. The SMILES string of the molecule is CCOC(N)=CC(=O)c1ccccc1.Cl. The number of benzene rings is 1. The van der Waals surface area contributed by atoms with Crippen molar-refractivity contribution in [3.05, 3.63) is 47.9 Å². The molecule has 0 bridgehead atoms. The molecule has 0 saturated heterocycles. The van der Waals surface area contributed by atoms with E-state index in [1.54, 1.807) is 24.3 Å². The first-order valence-corrected chi connectivity index (χ1v) is 4.43. The molecule has 0 spiro atoms. The van der Waals surface area contributed by atoms with Crippen LogP contribution in [0.1, 0.15) is 17.3 Å². The third-order valence-corrected chi connectivity index (χ3v) is 1.64. The summed E-state index contributed by atoms with van der Waals surface area (Å²) in [7, 11) is 0. The number of carbonyl (C=O) groups is 1. The van der Waals surface area contributed by atoms with Crippen molar-refractivity contribution in [1.82, 2.24) is 0 Å². The standard InChI is InChI=1S/C11H13NO2.ClH/c1-2-14-11(12)8-10(13)9-6-4-3-5-7-9;/h3-8H,2,12H2,1H3;1H. The first kappa shape index (κ1) is 13.5. The second-order valence-electron chi connectivity index (χ2n) is 2.71. The number of ether oxygens (including phenoxy) is 1. The van der Waals surface area contributed by atoms with E-state index in [1.165, 1.54) is 6.08 Å². The molecule has 82 valence electrons. The quantitative estimate of drug-likeness (QED) is 0.487. The van der Waals surface area contributed by atoms with Crippen LogP contribution in [0.5, 0.6) is 0 Å². The molecule has 0 aromatic heterocycles. The minimum absolute atomic E-state index is 0. The van der Waals surface area contributed by atoms with Crippen LogP contribution in [0, 0.1) is 0 Å². The fraction of sp³-hybridized carbons (Fsp3) is 0.182. The third-order valence-electron chi connectivity index (χ3n) is 1.64. The van der Waals surface area contributed by atoms with Gasteiger partial charge in [-0.25, -0.2) is 0 Å². The summed E-state index contributed by atoms with van der Waals surface area (Å²) in [4.78, 5) is 11.5. The maximum Gasteiger partial charge on any atom is 0.191 e.